The van der Waals surface area contributed by atoms with Gasteiger partial charge in [0.05, 0.1) is 0 Å². The Kier molecular flexibility index (Phi) is 2.90. The molecule has 1 heterocycles. The molecule has 1 N–H and O–H groups in total. The zero-order chi connectivity index (χ0) is 11.5. The van der Waals surface area contributed by atoms with Gasteiger partial charge < -0.3 is 10.2 Å². The Morgan fingerprint density at radius 1 is 1.38 bits per heavy atom. The molecule has 0 unspecified atom stereocenters. The average molecular weight is 218 g/mol. The number of hydrogen-bond acceptors (Lipinski definition) is 2. The van der Waals surface area contributed by atoms with Gasteiger partial charge in [0.25, 0.3) is 0 Å². The van der Waals surface area contributed by atoms with Crippen LogP contribution in [0.2, 0.25) is 0 Å². The Bertz CT molecular complexity index is 403. The first-order chi connectivity index (χ1) is 7.68. The topological polar surface area (TPSA) is 49.4 Å². The Hall–Kier alpha value is -1.84. The van der Waals surface area contributed by atoms with Gasteiger partial charge in [0.2, 0.25) is 11.8 Å². The van der Waals surface area contributed by atoms with E-state index < -0.39 is 5.92 Å². The van der Waals surface area contributed by atoms with Crippen LogP contribution in [0.4, 0.5) is 5.69 Å². The van der Waals surface area contributed by atoms with Gasteiger partial charge in [0.1, 0.15) is 5.92 Å². The molecule has 1 aromatic carbocycles. The molecule has 0 bridgehead atoms. The molecule has 0 saturated carbocycles. The smallest absolute Gasteiger partial charge is 0.237 e. The molecule has 4 heteroatoms. The Morgan fingerprint density at radius 2 is 2.06 bits per heavy atom. The third-order valence-electron chi connectivity index (χ3n) is 2.79. The summed E-state index contributed by atoms with van der Waals surface area (Å²) in [6.07, 6.45) is 0.605. The molecule has 1 aliphatic rings. The first-order valence-electron chi connectivity index (χ1n) is 5.29. The minimum absolute atomic E-state index is 0.0894. The number of para-hydroxylation sites is 1. The SMILES string of the molecule is CN1CC[C@@H](C(=O)Nc2ccccc2)C1=O. The summed E-state index contributed by atoms with van der Waals surface area (Å²) in [6, 6.07) is 9.18. The van der Waals surface area contributed by atoms with Crippen LogP contribution in [-0.4, -0.2) is 30.3 Å². The summed E-state index contributed by atoms with van der Waals surface area (Å²) in [5, 5.41) is 2.75. The van der Waals surface area contributed by atoms with Crippen molar-refractivity contribution in [2.45, 2.75) is 6.42 Å². The first kappa shape index (κ1) is 10.7. The van der Waals surface area contributed by atoms with Gasteiger partial charge in [-0.15, -0.1) is 0 Å². The van der Waals surface area contributed by atoms with E-state index in [4.69, 9.17) is 0 Å². The van der Waals surface area contributed by atoms with Crippen LogP contribution in [0, 0.1) is 5.92 Å². The van der Waals surface area contributed by atoms with E-state index in [2.05, 4.69) is 5.32 Å². The van der Waals surface area contributed by atoms with Crippen molar-refractivity contribution in [3.05, 3.63) is 30.3 Å². The highest BCUT2D eigenvalue weighted by Crippen LogP contribution is 2.18. The van der Waals surface area contributed by atoms with Crippen molar-refractivity contribution in [2.75, 3.05) is 18.9 Å². The van der Waals surface area contributed by atoms with Gasteiger partial charge in [-0.2, -0.15) is 0 Å². The van der Waals surface area contributed by atoms with Gasteiger partial charge in [-0.1, -0.05) is 18.2 Å². The number of rotatable bonds is 2. The van der Waals surface area contributed by atoms with Gasteiger partial charge in [-0.3, -0.25) is 9.59 Å². The molecule has 1 aromatic rings. The average Bonchev–Trinajstić information content (AvgIpc) is 2.61. The van der Waals surface area contributed by atoms with Crippen molar-refractivity contribution in [3.8, 4) is 0 Å². The van der Waals surface area contributed by atoms with E-state index in [1.807, 2.05) is 18.2 Å². The van der Waals surface area contributed by atoms with E-state index in [1.54, 1.807) is 24.1 Å². The Morgan fingerprint density at radius 3 is 2.62 bits per heavy atom. The highest BCUT2D eigenvalue weighted by Gasteiger charge is 2.34. The van der Waals surface area contributed by atoms with Crippen molar-refractivity contribution in [2.24, 2.45) is 5.92 Å². The van der Waals surface area contributed by atoms with Gasteiger partial charge >= 0.3 is 0 Å². The maximum absolute atomic E-state index is 11.8. The molecule has 84 valence electrons. The first-order valence-corrected chi connectivity index (χ1v) is 5.29. The van der Waals surface area contributed by atoms with E-state index in [1.165, 1.54) is 0 Å². The molecule has 0 radical (unpaired) electrons. The number of nitrogens with zero attached hydrogens (tertiary/aromatic N) is 1. The lowest BCUT2D eigenvalue weighted by atomic mass is 10.1. The van der Waals surface area contributed by atoms with Crippen LogP contribution in [0.1, 0.15) is 6.42 Å². The third-order valence-corrected chi connectivity index (χ3v) is 2.79. The number of likely N-dealkylation sites (tertiary alicyclic amines) is 1. The fourth-order valence-electron chi connectivity index (χ4n) is 1.82. The van der Waals surface area contributed by atoms with E-state index in [0.717, 1.165) is 5.69 Å². The zero-order valence-electron chi connectivity index (χ0n) is 9.14. The summed E-state index contributed by atoms with van der Waals surface area (Å²) in [6.45, 7) is 0.658. The monoisotopic (exact) mass is 218 g/mol. The fraction of sp³-hybridized carbons (Fsp3) is 0.333. The summed E-state index contributed by atoms with van der Waals surface area (Å²) < 4.78 is 0. The van der Waals surface area contributed by atoms with Crippen LogP contribution in [0.5, 0.6) is 0 Å². The maximum Gasteiger partial charge on any atom is 0.237 e. The van der Waals surface area contributed by atoms with Crippen LogP contribution in [0.3, 0.4) is 0 Å². The van der Waals surface area contributed by atoms with Gasteiger partial charge in [-0.25, -0.2) is 0 Å². The van der Waals surface area contributed by atoms with E-state index in [-0.39, 0.29) is 11.8 Å². The van der Waals surface area contributed by atoms with Crippen molar-refractivity contribution < 1.29 is 9.59 Å². The van der Waals surface area contributed by atoms with Gasteiger partial charge in [-0.05, 0) is 18.6 Å². The molecule has 16 heavy (non-hydrogen) atoms. The fourth-order valence-corrected chi connectivity index (χ4v) is 1.82. The standard InChI is InChI=1S/C12H14N2O2/c1-14-8-7-10(12(14)16)11(15)13-9-5-3-2-4-6-9/h2-6,10H,7-8H2,1H3,(H,13,15)/t10-/m0/s1. The van der Waals surface area contributed by atoms with Crippen molar-refractivity contribution >= 4 is 17.5 Å². The Balaban J connectivity index is 2.02. The zero-order valence-corrected chi connectivity index (χ0v) is 9.14. The van der Waals surface area contributed by atoms with Crippen LogP contribution in [0.25, 0.3) is 0 Å². The number of benzene rings is 1. The predicted molar refractivity (Wildman–Crippen MR) is 60.8 cm³/mol. The molecular weight excluding hydrogens is 204 g/mol. The molecule has 4 nitrogen and oxygen atoms in total. The minimum atomic E-state index is -0.523. The maximum atomic E-state index is 11.8. The Labute approximate surface area is 94.2 Å². The molecule has 1 saturated heterocycles. The van der Waals surface area contributed by atoms with E-state index >= 15 is 0 Å². The minimum Gasteiger partial charge on any atom is -0.345 e. The molecule has 2 amide bonds. The molecular formula is C12H14N2O2. The molecule has 1 atom stereocenters. The second-order valence-corrected chi connectivity index (χ2v) is 3.96. The highest BCUT2D eigenvalue weighted by atomic mass is 16.2. The lowest BCUT2D eigenvalue weighted by Gasteiger charge is -2.10. The lowest BCUT2D eigenvalue weighted by Crippen LogP contribution is -2.30. The van der Waals surface area contributed by atoms with Crippen LogP contribution in [0.15, 0.2) is 30.3 Å². The second kappa shape index (κ2) is 4.35. The third kappa shape index (κ3) is 2.05. The second-order valence-electron chi connectivity index (χ2n) is 3.96. The summed E-state index contributed by atoms with van der Waals surface area (Å²) in [7, 11) is 1.72. The summed E-state index contributed by atoms with van der Waals surface area (Å²) in [4.78, 5) is 25.0. The quantitative estimate of drug-likeness (QED) is 0.756. The van der Waals surface area contributed by atoms with Crippen LogP contribution in [-0.2, 0) is 9.59 Å². The predicted octanol–water partition coefficient (Wildman–Crippen LogP) is 1.10. The number of hydrogen-bond donors (Lipinski definition) is 1. The highest BCUT2D eigenvalue weighted by molar-refractivity contribution is 6.07. The number of carbonyl (C=O) groups excluding carboxylic acids is 2. The summed E-state index contributed by atoms with van der Waals surface area (Å²) in [5.41, 5.74) is 0.731. The summed E-state index contributed by atoms with van der Waals surface area (Å²) in [5.74, 6) is -0.820. The number of nitrogens with one attached hydrogen (secondary N) is 1. The van der Waals surface area contributed by atoms with Gasteiger partial charge in [0, 0.05) is 19.3 Å². The summed E-state index contributed by atoms with van der Waals surface area (Å²) >= 11 is 0. The molecule has 1 aliphatic heterocycles. The molecule has 2 rings (SSSR count). The number of anilines is 1. The number of carbonyl (C=O) groups is 2. The van der Waals surface area contributed by atoms with Crippen molar-refractivity contribution in [3.63, 3.8) is 0 Å². The molecule has 0 aliphatic carbocycles. The largest absolute Gasteiger partial charge is 0.345 e. The van der Waals surface area contributed by atoms with Crippen molar-refractivity contribution in [1.82, 2.24) is 4.90 Å². The normalized spacial score (nSPS) is 19.9. The van der Waals surface area contributed by atoms with Gasteiger partial charge in [0.15, 0.2) is 0 Å². The van der Waals surface area contributed by atoms with E-state index in [9.17, 15) is 9.59 Å². The van der Waals surface area contributed by atoms with Crippen LogP contribution >= 0.6 is 0 Å². The molecule has 0 aromatic heterocycles. The number of amides is 2. The molecule has 0 spiro atoms. The van der Waals surface area contributed by atoms with E-state index in [0.29, 0.717) is 13.0 Å². The lowest BCUT2D eigenvalue weighted by molar-refractivity contribution is -0.134. The van der Waals surface area contributed by atoms with Crippen LogP contribution < -0.4 is 5.32 Å². The van der Waals surface area contributed by atoms with Crippen molar-refractivity contribution in [1.29, 1.82) is 0 Å². The molecule has 1 fully saturated rings.